The van der Waals surface area contributed by atoms with Gasteiger partial charge in [-0.25, -0.2) is 0 Å². The standard InChI is InChI=1S/C24H32O10/c1-29-15-7-13(5-6-14-9-17(30-2)23(32-4)18(10-14)31-3)8-16(11-15)33-24-22(28)21(27)20(26)19(12-25)34-24/h7-11,19-22,24-28H,5-6,12H2,1-4H3/t19-,20-,21+,22-,24-/m1/s1. The average Bonchev–Trinajstić information content (AvgIpc) is 2.86. The van der Waals surface area contributed by atoms with Crippen molar-refractivity contribution in [3.05, 3.63) is 41.5 Å². The Balaban J connectivity index is 1.78. The molecule has 2 aromatic carbocycles. The van der Waals surface area contributed by atoms with E-state index in [0.717, 1.165) is 11.1 Å². The van der Waals surface area contributed by atoms with Crippen molar-refractivity contribution in [2.75, 3.05) is 35.0 Å². The molecule has 0 spiro atoms. The first-order valence-corrected chi connectivity index (χ1v) is 10.8. The number of methoxy groups -OCH3 is 4. The van der Waals surface area contributed by atoms with Gasteiger partial charge in [-0.3, -0.25) is 0 Å². The Hall–Kier alpha value is -2.76. The van der Waals surface area contributed by atoms with E-state index >= 15 is 0 Å². The fourth-order valence-electron chi connectivity index (χ4n) is 3.83. The predicted molar refractivity (Wildman–Crippen MR) is 121 cm³/mol. The normalized spacial score (nSPS) is 24.4. The molecule has 1 fully saturated rings. The molecule has 1 saturated heterocycles. The van der Waals surface area contributed by atoms with Gasteiger partial charge in [-0.15, -0.1) is 0 Å². The van der Waals surface area contributed by atoms with Crippen LogP contribution in [0, 0.1) is 0 Å². The van der Waals surface area contributed by atoms with Gasteiger partial charge >= 0.3 is 0 Å². The van der Waals surface area contributed by atoms with Crippen molar-refractivity contribution < 1.29 is 48.8 Å². The van der Waals surface area contributed by atoms with E-state index in [-0.39, 0.29) is 0 Å². The number of hydrogen-bond donors (Lipinski definition) is 4. The van der Waals surface area contributed by atoms with Crippen LogP contribution in [-0.4, -0.2) is 86.2 Å². The van der Waals surface area contributed by atoms with Crippen LogP contribution in [0.15, 0.2) is 30.3 Å². The zero-order valence-electron chi connectivity index (χ0n) is 19.6. The fraction of sp³-hybridized carbons (Fsp3) is 0.500. The molecule has 0 saturated carbocycles. The van der Waals surface area contributed by atoms with Crippen molar-refractivity contribution >= 4 is 0 Å². The van der Waals surface area contributed by atoms with Gasteiger partial charge in [0.2, 0.25) is 12.0 Å². The molecule has 188 valence electrons. The molecule has 2 aromatic rings. The summed E-state index contributed by atoms with van der Waals surface area (Å²) in [5, 5.41) is 39.6. The third kappa shape index (κ3) is 5.65. The summed E-state index contributed by atoms with van der Waals surface area (Å²) >= 11 is 0. The van der Waals surface area contributed by atoms with Gasteiger partial charge in [0.1, 0.15) is 35.9 Å². The molecule has 1 aliphatic rings. The summed E-state index contributed by atoms with van der Waals surface area (Å²) in [5.74, 6) is 2.51. The smallest absolute Gasteiger partial charge is 0.229 e. The van der Waals surface area contributed by atoms with Crippen LogP contribution in [0.5, 0.6) is 28.7 Å². The first-order chi connectivity index (χ1) is 16.3. The number of aliphatic hydroxyl groups excluding tert-OH is 4. The number of rotatable bonds is 10. The van der Waals surface area contributed by atoms with Crippen LogP contribution in [-0.2, 0) is 17.6 Å². The van der Waals surface area contributed by atoms with Gasteiger partial charge < -0.3 is 48.8 Å². The Morgan fingerprint density at radius 1 is 0.706 bits per heavy atom. The van der Waals surface area contributed by atoms with E-state index < -0.39 is 37.3 Å². The molecular weight excluding hydrogens is 448 g/mol. The van der Waals surface area contributed by atoms with E-state index in [1.54, 1.807) is 33.5 Å². The van der Waals surface area contributed by atoms with E-state index in [4.69, 9.17) is 28.4 Å². The molecule has 34 heavy (non-hydrogen) atoms. The minimum absolute atomic E-state index is 0.337. The van der Waals surface area contributed by atoms with Gasteiger partial charge in [-0.05, 0) is 48.2 Å². The molecule has 1 aliphatic heterocycles. The quantitative estimate of drug-likeness (QED) is 0.384. The van der Waals surface area contributed by atoms with Gasteiger partial charge in [0, 0.05) is 6.07 Å². The van der Waals surface area contributed by atoms with Gasteiger partial charge in [0.15, 0.2) is 11.5 Å². The number of ether oxygens (including phenoxy) is 6. The lowest BCUT2D eigenvalue weighted by Crippen LogP contribution is -2.60. The van der Waals surface area contributed by atoms with Gasteiger partial charge in [-0.1, -0.05) is 0 Å². The van der Waals surface area contributed by atoms with Crippen LogP contribution < -0.4 is 23.7 Å². The van der Waals surface area contributed by atoms with E-state index in [2.05, 4.69) is 0 Å². The largest absolute Gasteiger partial charge is 0.497 e. The Morgan fingerprint density at radius 3 is 1.82 bits per heavy atom. The van der Waals surface area contributed by atoms with Crippen molar-refractivity contribution in [2.45, 2.75) is 43.5 Å². The van der Waals surface area contributed by atoms with Crippen LogP contribution in [0.1, 0.15) is 11.1 Å². The SMILES string of the molecule is COc1cc(CCc2cc(OC)c(OC)c(OC)c2)cc(O[C@@H]2O[C@H](CO)[C@@H](O)[C@H](O)[C@H]2O)c1. The van der Waals surface area contributed by atoms with E-state index in [1.165, 1.54) is 7.11 Å². The highest BCUT2D eigenvalue weighted by Gasteiger charge is 2.44. The van der Waals surface area contributed by atoms with Crippen molar-refractivity contribution in [2.24, 2.45) is 0 Å². The Morgan fingerprint density at radius 2 is 1.29 bits per heavy atom. The summed E-state index contributed by atoms with van der Waals surface area (Å²) in [4.78, 5) is 0. The molecule has 10 nitrogen and oxygen atoms in total. The summed E-state index contributed by atoms with van der Waals surface area (Å²) < 4.78 is 32.8. The third-order valence-corrected chi connectivity index (χ3v) is 5.70. The first-order valence-electron chi connectivity index (χ1n) is 10.8. The molecule has 0 radical (unpaired) electrons. The van der Waals surface area contributed by atoms with Gasteiger partial charge in [0.05, 0.1) is 35.0 Å². The molecule has 4 N–H and O–H groups in total. The molecule has 3 rings (SSSR count). The number of aryl methyl sites for hydroxylation is 2. The Labute approximate surface area is 198 Å². The zero-order valence-corrected chi connectivity index (χ0v) is 19.6. The lowest BCUT2D eigenvalue weighted by atomic mass is 9.99. The van der Waals surface area contributed by atoms with Gasteiger partial charge in [-0.2, -0.15) is 0 Å². The minimum Gasteiger partial charge on any atom is -0.497 e. The number of aliphatic hydroxyl groups is 4. The average molecular weight is 481 g/mol. The summed E-state index contributed by atoms with van der Waals surface area (Å²) in [6.07, 6.45) is -5.59. The second-order valence-corrected chi connectivity index (χ2v) is 7.87. The van der Waals surface area contributed by atoms with E-state index in [1.807, 2.05) is 18.2 Å². The van der Waals surface area contributed by atoms with Crippen molar-refractivity contribution in [3.8, 4) is 28.7 Å². The van der Waals surface area contributed by atoms with Crippen LogP contribution in [0.3, 0.4) is 0 Å². The highest BCUT2D eigenvalue weighted by Crippen LogP contribution is 2.38. The zero-order chi connectivity index (χ0) is 24.8. The minimum atomic E-state index is -1.53. The third-order valence-electron chi connectivity index (χ3n) is 5.70. The van der Waals surface area contributed by atoms with Crippen LogP contribution in [0.25, 0.3) is 0 Å². The van der Waals surface area contributed by atoms with Crippen molar-refractivity contribution in [3.63, 3.8) is 0 Å². The molecule has 1 heterocycles. The predicted octanol–water partition coefficient (Wildman–Crippen LogP) is 0.685. The summed E-state index contributed by atoms with van der Waals surface area (Å²) in [6.45, 7) is -0.539. The Kier molecular flexibility index (Phi) is 8.81. The second kappa shape index (κ2) is 11.6. The summed E-state index contributed by atoms with van der Waals surface area (Å²) in [5.41, 5.74) is 1.85. The maximum Gasteiger partial charge on any atom is 0.229 e. The first kappa shape index (κ1) is 25.9. The highest BCUT2D eigenvalue weighted by molar-refractivity contribution is 5.54. The van der Waals surface area contributed by atoms with Gasteiger partial charge in [0.25, 0.3) is 0 Å². The molecule has 0 aromatic heterocycles. The lowest BCUT2D eigenvalue weighted by molar-refractivity contribution is -0.277. The maximum absolute atomic E-state index is 10.3. The molecule has 0 aliphatic carbocycles. The summed E-state index contributed by atoms with van der Waals surface area (Å²) in [7, 11) is 6.20. The monoisotopic (exact) mass is 480 g/mol. The maximum atomic E-state index is 10.3. The summed E-state index contributed by atoms with van der Waals surface area (Å²) in [6, 6.07) is 9.00. The van der Waals surface area contributed by atoms with Crippen molar-refractivity contribution in [1.82, 2.24) is 0 Å². The van der Waals surface area contributed by atoms with Crippen LogP contribution in [0.2, 0.25) is 0 Å². The molecule has 5 atom stereocenters. The molecule has 0 unspecified atom stereocenters. The highest BCUT2D eigenvalue weighted by atomic mass is 16.7. The van der Waals surface area contributed by atoms with Crippen LogP contribution in [0.4, 0.5) is 0 Å². The molecular formula is C24H32O10. The topological polar surface area (TPSA) is 136 Å². The fourth-order valence-corrected chi connectivity index (χ4v) is 3.83. The number of hydrogen-bond acceptors (Lipinski definition) is 10. The van der Waals surface area contributed by atoms with E-state index in [0.29, 0.717) is 41.6 Å². The van der Waals surface area contributed by atoms with E-state index in [9.17, 15) is 20.4 Å². The molecule has 0 bridgehead atoms. The molecule has 0 amide bonds. The lowest BCUT2D eigenvalue weighted by Gasteiger charge is -2.39. The van der Waals surface area contributed by atoms with Crippen molar-refractivity contribution in [1.29, 1.82) is 0 Å². The number of benzene rings is 2. The Bertz CT molecular complexity index is 922. The molecule has 10 heteroatoms. The second-order valence-electron chi connectivity index (χ2n) is 7.87. The van der Waals surface area contributed by atoms with Crippen LogP contribution >= 0.6 is 0 Å².